The molecule has 2 aromatic carbocycles. The van der Waals surface area contributed by atoms with Gasteiger partial charge in [-0.05, 0) is 31.2 Å². The lowest BCUT2D eigenvalue weighted by Gasteiger charge is -2.13. The molecule has 7 nitrogen and oxygen atoms in total. The minimum absolute atomic E-state index is 0.0773. The van der Waals surface area contributed by atoms with Crippen molar-refractivity contribution in [1.29, 1.82) is 0 Å². The molecule has 0 radical (unpaired) electrons. The summed E-state index contributed by atoms with van der Waals surface area (Å²) in [5, 5.41) is 13.1. The predicted octanol–water partition coefficient (Wildman–Crippen LogP) is 2.78. The number of rotatable bonds is 5. The number of amides is 1. The van der Waals surface area contributed by atoms with E-state index in [4.69, 9.17) is 4.74 Å². The summed E-state index contributed by atoms with van der Waals surface area (Å²) in [6.07, 6.45) is -1.00. The van der Waals surface area contributed by atoms with Gasteiger partial charge in [0.05, 0.1) is 10.5 Å². The summed E-state index contributed by atoms with van der Waals surface area (Å²) in [6, 6.07) is 13.7. The van der Waals surface area contributed by atoms with Crippen molar-refractivity contribution in [2.75, 3.05) is 5.32 Å². The van der Waals surface area contributed by atoms with Gasteiger partial charge < -0.3 is 10.1 Å². The maximum absolute atomic E-state index is 12.0. The molecule has 2 rings (SSSR count). The fourth-order valence-electron chi connectivity index (χ4n) is 1.77. The third-order valence-corrected chi connectivity index (χ3v) is 3.01. The first-order chi connectivity index (χ1) is 11.0. The summed E-state index contributed by atoms with van der Waals surface area (Å²) in [5.41, 5.74) is 0.650. The van der Waals surface area contributed by atoms with Crippen LogP contribution in [-0.4, -0.2) is 22.9 Å². The van der Waals surface area contributed by atoms with Crippen molar-refractivity contribution in [3.05, 3.63) is 70.3 Å². The number of carbonyl (C=O) groups is 2. The van der Waals surface area contributed by atoms with Crippen LogP contribution in [0.15, 0.2) is 54.6 Å². The maximum Gasteiger partial charge on any atom is 0.338 e. The van der Waals surface area contributed by atoms with E-state index in [-0.39, 0.29) is 5.69 Å². The summed E-state index contributed by atoms with van der Waals surface area (Å²) in [6.45, 7) is 1.45. The van der Waals surface area contributed by atoms with Gasteiger partial charge in [0.1, 0.15) is 0 Å². The number of benzene rings is 2. The first-order valence-corrected chi connectivity index (χ1v) is 6.78. The molecular formula is C16H14N2O5. The fourth-order valence-corrected chi connectivity index (χ4v) is 1.77. The molecule has 0 heterocycles. The van der Waals surface area contributed by atoms with E-state index in [1.165, 1.54) is 31.2 Å². The second-order valence-corrected chi connectivity index (χ2v) is 4.71. The Bertz CT molecular complexity index is 713. The van der Waals surface area contributed by atoms with E-state index in [2.05, 4.69) is 5.32 Å². The van der Waals surface area contributed by atoms with Crippen LogP contribution in [0.3, 0.4) is 0 Å². The van der Waals surface area contributed by atoms with Crippen LogP contribution in [0.2, 0.25) is 0 Å². The summed E-state index contributed by atoms with van der Waals surface area (Å²) < 4.78 is 5.07. The van der Waals surface area contributed by atoms with E-state index in [9.17, 15) is 19.7 Å². The highest BCUT2D eigenvalue weighted by Gasteiger charge is 2.19. The number of hydrogen-bond donors (Lipinski definition) is 1. The van der Waals surface area contributed by atoms with Gasteiger partial charge in [-0.15, -0.1) is 0 Å². The van der Waals surface area contributed by atoms with E-state index < -0.39 is 22.9 Å². The SMILES string of the molecule is C[C@@H](OC(=O)c1ccccc1)C(=O)Nc1ccc([N+](=O)[O-])cc1. The maximum atomic E-state index is 12.0. The Morgan fingerprint density at radius 3 is 2.26 bits per heavy atom. The van der Waals surface area contributed by atoms with Crippen molar-refractivity contribution < 1.29 is 19.2 Å². The molecule has 0 bridgehead atoms. The zero-order valence-electron chi connectivity index (χ0n) is 12.3. The number of anilines is 1. The highest BCUT2D eigenvalue weighted by Crippen LogP contribution is 2.16. The van der Waals surface area contributed by atoms with Crippen LogP contribution < -0.4 is 5.32 Å². The zero-order chi connectivity index (χ0) is 16.8. The summed E-state index contributed by atoms with van der Waals surface area (Å²) in [5.74, 6) is -1.12. The predicted molar refractivity (Wildman–Crippen MR) is 83.0 cm³/mol. The number of hydrogen-bond acceptors (Lipinski definition) is 5. The quantitative estimate of drug-likeness (QED) is 0.520. The average molecular weight is 314 g/mol. The van der Waals surface area contributed by atoms with E-state index in [1.807, 2.05) is 0 Å². The lowest BCUT2D eigenvalue weighted by atomic mass is 10.2. The molecule has 0 unspecified atom stereocenters. The van der Waals surface area contributed by atoms with Crippen LogP contribution in [0.1, 0.15) is 17.3 Å². The Morgan fingerprint density at radius 2 is 1.70 bits per heavy atom. The topological polar surface area (TPSA) is 98.5 Å². The Morgan fingerprint density at radius 1 is 1.09 bits per heavy atom. The molecule has 0 aliphatic carbocycles. The van der Waals surface area contributed by atoms with Crippen molar-refractivity contribution >= 4 is 23.3 Å². The summed E-state index contributed by atoms with van der Waals surface area (Å²) in [4.78, 5) is 33.9. The number of non-ortho nitro benzene ring substituents is 1. The Balaban J connectivity index is 1.94. The molecule has 118 valence electrons. The minimum atomic E-state index is -1.00. The molecule has 1 amide bonds. The lowest BCUT2D eigenvalue weighted by molar-refractivity contribution is -0.384. The van der Waals surface area contributed by atoms with Crippen LogP contribution in [-0.2, 0) is 9.53 Å². The molecule has 7 heteroatoms. The Hall–Kier alpha value is -3.22. The Kier molecular flexibility index (Phi) is 5.03. The molecule has 1 N–H and O–H groups in total. The number of ether oxygens (including phenoxy) is 1. The minimum Gasteiger partial charge on any atom is -0.449 e. The molecule has 2 aromatic rings. The zero-order valence-corrected chi connectivity index (χ0v) is 12.3. The van der Waals surface area contributed by atoms with Crippen molar-refractivity contribution in [3.8, 4) is 0 Å². The highest BCUT2D eigenvalue weighted by molar-refractivity contribution is 5.97. The van der Waals surface area contributed by atoms with Gasteiger partial charge in [0.25, 0.3) is 11.6 Å². The molecule has 0 spiro atoms. The van der Waals surface area contributed by atoms with Gasteiger partial charge in [-0.1, -0.05) is 18.2 Å². The fraction of sp³-hybridized carbons (Fsp3) is 0.125. The molecule has 0 aromatic heterocycles. The van der Waals surface area contributed by atoms with Crippen LogP contribution in [0, 0.1) is 10.1 Å². The second-order valence-electron chi connectivity index (χ2n) is 4.71. The van der Waals surface area contributed by atoms with Crippen molar-refractivity contribution in [1.82, 2.24) is 0 Å². The average Bonchev–Trinajstić information content (AvgIpc) is 2.56. The standard InChI is InChI=1S/C16H14N2O5/c1-11(23-16(20)12-5-3-2-4-6-12)15(19)17-13-7-9-14(10-8-13)18(21)22/h2-11H,1H3,(H,17,19)/t11-/m1/s1. The smallest absolute Gasteiger partial charge is 0.338 e. The number of nitrogens with one attached hydrogen (secondary N) is 1. The molecule has 0 aliphatic heterocycles. The molecule has 1 atom stereocenters. The van der Waals surface area contributed by atoms with Gasteiger partial charge in [0, 0.05) is 17.8 Å². The number of nitrogens with zero attached hydrogens (tertiary/aromatic N) is 1. The third kappa shape index (κ3) is 4.37. The highest BCUT2D eigenvalue weighted by atomic mass is 16.6. The molecule has 0 saturated heterocycles. The van der Waals surface area contributed by atoms with Crippen molar-refractivity contribution in [2.45, 2.75) is 13.0 Å². The largest absolute Gasteiger partial charge is 0.449 e. The normalized spacial score (nSPS) is 11.3. The van der Waals surface area contributed by atoms with Gasteiger partial charge in [-0.2, -0.15) is 0 Å². The van der Waals surface area contributed by atoms with Crippen molar-refractivity contribution in [2.24, 2.45) is 0 Å². The van der Waals surface area contributed by atoms with Gasteiger partial charge >= 0.3 is 5.97 Å². The molecule has 0 saturated carbocycles. The number of nitro benzene ring substituents is 1. The van der Waals surface area contributed by atoms with E-state index in [0.29, 0.717) is 11.3 Å². The van der Waals surface area contributed by atoms with E-state index >= 15 is 0 Å². The first-order valence-electron chi connectivity index (χ1n) is 6.78. The van der Waals surface area contributed by atoms with Gasteiger partial charge in [0.2, 0.25) is 0 Å². The van der Waals surface area contributed by atoms with Gasteiger partial charge in [0.15, 0.2) is 6.10 Å². The van der Waals surface area contributed by atoms with Crippen LogP contribution >= 0.6 is 0 Å². The van der Waals surface area contributed by atoms with E-state index in [0.717, 1.165) is 0 Å². The summed E-state index contributed by atoms with van der Waals surface area (Å²) in [7, 11) is 0. The van der Waals surface area contributed by atoms with Crippen LogP contribution in [0.4, 0.5) is 11.4 Å². The number of carbonyl (C=O) groups excluding carboxylic acids is 2. The lowest BCUT2D eigenvalue weighted by Crippen LogP contribution is -2.29. The van der Waals surface area contributed by atoms with Crippen molar-refractivity contribution in [3.63, 3.8) is 0 Å². The third-order valence-electron chi connectivity index (χ3n) is 3.01. The monoisotopic (exact) mass is 314 g/mol. The molecule has 0 fully saturated rings. The number of nitro groups is 1. The Labute approximate surface area is 132 Å². The summed E-state index contributed by atoms with van der Waals surface area (Å²) >= 11 is 0. The molecule has 23 heavy (non-hydrogen) atoms. The van der Waals surface area contributed by atoms with Crippen LogP contribution in [0.25, 0.3) is 0 Å². The molecular weight excluding hydrogens is 300 g/mol. The first kappa shape index (κ1) is 16.2. The number of esters is 1. The van der Waals surface area contributed by atoms with Gasteiger partial charge in [-0.25, -0.2) is 4.79 Å². The van der Waals surface area contributed by atoms with E-state index in [1.54, 1.807) is 30.3 Å². The van der Waals surface area contributed by atoms with Gasteiger partial charge in [-0.3, -0.25) is 14.9 Å². The van der Waals surface area contributed by atoms with Crippen LogP contribution in [0.5, 0.6) is 0 Å². The second kappa shape index (κ2) is 7.17. The molecule has 0 aliphatic rings.